The highest BCUT2D eigenvalue weighted by Gasteiger charge is 2.24. The fraction of sp³-hybridized carbons (Fsp3) is 0.368. The van der Waals surface area contributed by atoms with Crippen molar-refractivity contribution in [1.29, 1.82) is 5.26 Å². The zero-order valence-electron chi connectivity index (χ0n) is 14.4. The summed E-state index contributed by atoms with van der Waals surface area (Å²) < 4.78 is 17.0. The van der Waals surface area contributed by atoms with Crippen LogP contribution in [0.3, 0.4) is 0 Å². The first kappa shape index (κ1) is 16.9. The Labute approximate surface area is 147 Å². The molecule has 2 aromatic rings. The molecule has 1 saturated heterocycles. The molecule has 1 aromatic heterocycles. The Morgan fingerprint density at radius 1 is 1.08 bits per heavy atom. The lowest BCUT2D eigenvalue weighted by atomic mass is 10.1. The Morgan fingerprint density at radius 3 is 2.28 bits per heavy atom. The van der Waals surface area contributed by atoms with E-state index in [-0.39, 0.29) is 6.10 Å². The number of rotatable bonds is 5. The van der Waals surface area contributed by atoms with Crippen molar-refractivity contribution < 1.29 is 14.2 Å². The van der Waals surface area contributed by atoms with Gasteiger partial charge in [-0.3, -0.25) is 0 Å². The lowest BCUT2D eigenvalue weighted by Gasteiger charge is -2.33. The summed E-state index contributed by atoms with van der Waals surface area (Å²) in [6.45, 7) is 1.70. The first-order valence-corrected chi connectivity index (χ1v) is 8.24. The number of methoxy groups -OCH3 is 2. The van der Waals surface area contributed by atoms with Crippen molar-refractivity contribution in [3.63, 3.8) is 0 Å². The number of nitriles is 1. The molecule has 130 valence electrons. The molecule has 0 atom stereocenters. The number of hydrogen-bond donors (Lipinski definition) is 0. The topological polar surface area (TPSA) is 67.6 Å². The van der Waals surface area contributed by atoms with Gasteiger partial charge in [0.05, 0.1) is 19.8 Å². The van der Waals surface area contributed by atoms with E-state index in [4.69, 9.17) is 19.5 Å². The van der Waals surface area contributed by atoms with Crippen LogP contribution in [0, 0.1) is 11.3 Å². The Bertz CT molecular complexity index is 725. The molecule has 0 N–H and O–H groups in total. The third-order valence-corrected chi connectivity index (χ3v) is 4.31. The van der Waals surface area contributed by atoms with Crippen LogP contribution >= 0.6 is 0 Å². The van der Waals surface area contributed by atoms with E-state index in [9.17, 15) is 0 Å². The summed E-state index contributed by atoms with van der Waals surface area (Å²) >= 11 is 0. The van der Waals surface area contributed by atoms with Crippen molar-refractivity contribution in [1.82, 2.24) is 4.98 Å². The minimum atomic E-state index is 0.0971. The van der Waals surface area contributed by atoms with Gasteiger partial charge in [0.1, 0.15) is 18.0 Å². The molecule has 3 rings (SSSR count). The van der Waals surface area contributed by atoms with Crippen LogP contribution in [0.5, 0.6) is 17.2 Å². The van der Waals surface area contributed by atoms with Gasteiger partial charge in [-0.15, -0.1) is 0 Å². The molecule has 0 spiro atoms. The number of para-hydroxylation sites is 1. The quantitative estimate of drug-likeness (QED) is 0.834. The van der Waals surface area contributed by atoms with Crippen molar-refractivity contribution in [2.45, 2.75) is 18.9 Å². The van der Waals surface area contributed by atoms with E-state index in [1.807, 2.05) is 24.3 Å². The number of pyridine rings is 1. The molecule has 25 heavy (non-hydrogen) atoms. The molecule has 0 aliphatic carbocycles. The summed E-state index contributed by atoms with van der Waals surface area (Å²) in [6.07, 6.45) is 3.46. The highest BCUT2D eigenvalue weighted by Crippen LogP contribution is 2.38. The maximum Gasteiger partial charge on any atom is 0.203 e. The number of ether oxygens (including phenoxy) is 3. The average molecular weight is 339 g/mol. The first-order chi connectivity index (χ1) is 12.2. The van der Waals surface area contributed by atoms with Crippen molar-refractivity contribution in [3.8, 4) is 23.3 Å². The van der Waals surface area contributed by atoms with Crippen LogP contribution in [0.2, 0.25) is 0 Å². The fourth-order valence-electron chi connectivity index (χ4n) is 2.94. The Hall–Kier alpha value is -2.94. The predicted molar refractivity (Wildman–Crippen MR) is 94.4 cm³/mol. The molecule has 0 unspecified atom stereocenters. The van der Waals surface area contributed by atoms with E-state index in [2.05, 4.69) is 16.0 Å². The van der Waals surface area contributed by atoms with Crippen LogP contribution in [0.25, 0.3) is 0 Å². The number of aromatic nitrogens is 1. The van der Waals surface area contributed by atoms with Gasteiger partial charge in [-0.1, -0.05) is 6.07 Å². The Kier molecular flexibility index (Phi) is 5.24. The summed E-state index contributed by atoms with van der Waals surface area (Å²) in [5.74, 6) is 2.90. The lowest BCUT2D eigenvalue weighted by Crippen LogP contribution is -2.38. The van der Waals surface area contributed by atoms with Gasteiger partial charge in [-0.05, 0) is 24.3 Å². The molecule has 6 nitrogen and oxygen atoms in total. The summed E-state index contributed by atoms with van der Waals surface area (Å²) in [5, 5.41) is 8.86. The molecule has 6 heteroatoms. The highest BCUT2D eigenvalue weighted by atomic mass is 16.5. The minimum absolute atomic E-state index is 0.0971. The molecule has 0 saturated carbocycles. The summed E-state index contributed by atoms with van der Waals surface area (Å²) in [6, 6.07) is 11.4. The average Bonchev–Trinajstić information content (AvgIpc) is 2.69. The van der Waals surface area contributed by atoms with Gasteiger partial charge in [-0.25, -0.2) is 4.98 Å². The molecule has 1 aliphatic rings. The summed E-state index contributed by atoms with van der Waals surface area (Å²) in [5.41, 5.74) is 0.574. The maximum absolute atomic E-state index is 8.86. The third kappa shape index (κ3) is 3.77. The zero-order chi connectivity index (χ0) is 17.6. The number of hydrogen-bond acceptors (Lipinski definition) is 6. The van der Waals surface area contributed by atoms with E-state index in [1.165, 1.54) is 0 Å². The van der Waals surface area contributed by atoms with Gasteiger partial charge < -0.3 is 19.1 Å². The number of benzene rings is 1. The highest BCUT2D eigenvalue weighted by molar-refractivity contribution is 5.51. The maximum atomic E-state index is 8.86. The van der Waals surface area contributed by atoms with Gasteiger partial charge >= 0.3 is 0 Å². The molecule has 1 aliphatic heterocycles. The molecule has 1 fully saturated rings. The third-order valence-electron chi connectivity index (χ3n) is 4.31. The number of nitrogens with zero attached hydrogens (tertiary/aromatic N) is 3. The normalized spacial score (nSPS) is 14.7. The largest absolute Gasteiger partial charge is 0.493 e. The van der Waals surface area contributed by atoms with Crippen LogP contribution in [0.1, 0.15) is 18.4 Å². The van der Waals surface area contributed by atoms with E-state index in [1.54, 1.807) is 26.5 Å². The van der Waals surface area contributed by atoms with E-state index < -0.39 is 0 Å². The molecular weight excluding hydrogens is 318 g/mol. The monoisotopic (exact) mass is 339 g/mol. The predicted octanol–water partition coefficient (Wildman–Crippen LogP) is 3.02. The molecular formula is C19H21N3O3. The number of piperidine rings is 1. The van der Waals surface area contributed by atoms with Crippen molar-refractivity contribution in [3.05, 3.63) is 42.1 Å². The van der Waals surface area contributed by atoms with Gasteiger partial charge in [-0.2, -0.15) is 5.26 Å². The van der Waals surface area contributed by atoms with Crippen LogP contribution in [0.4, 0.5) is 5.82 Å². The number of anilines is 1. The van der Waals surface area contributed by atoms with E-state index in [0.717, 1.165) is 31.7 Å². The Morgan fingerprint density at radius 2 is 1.76 bits per heavy atom. The van der Waals surface area contributed by atoms with Crippen LogP contribution in [-0.4, -0.2) is 38.4 Å². The van der Waals surface area contributed by atoms with Crippen molar-refractivity contribution in [2.75, 3.05) is 32.2 Å². The van der Waals surface area contributed by atoms with Crippen LogP contribution < -0.4 is 19.1 Å². The molecule has 2 heterocycles. The van der Waals surface area contributed by atoms with E-state index in [0.29, 0.717) is 22.8 Å². The molecule has 0 radical (unpaired) electrons. The second kappa shape index (κ2) is 7.75. The minimum Gasteiger partial charge on any atom is -0.493 e. The summed E-state index contributed by atoms with van der Waals surface area (Å²) in [4.78, 5) is 6.57. The van der Waals surface area contributed by atoms with Gasteiger partial charge in [0.2, 0.25) is 5.75 Å². The van der Waals surface area contributed by atoms with Crippen molar-refractivity contribution >= 4 is 5.82 Å². The first-order valence-electron chi connectivity index (χ1n) is 8.24. The van der Waals surface area contributed by atoms with Gasteiger partial charge in [0.15, 0.2) is 11.5 Å². The smallest absolute Gasteiger partial charge is 0.203 e. The Balaban J connectivity index is 1.64. The standard InChI is InChI=1S/C19H21N3O3/c1-23-16-4-3-5-17(24-2)19(16)25-15-8-10-22(11-9-15)18-7-6-14(12-20)13-21-18/h3-7,13,15H,8-11H2,1-2H3. The van der Waals surface area contributed by atoms with Crippen LogP contribution in [0.15, 0.2) is 36.5 Å². The molecule has 0 bridgehead atoms. The fourth-order valence-corrected chi connectivity index (χ4v) is 2.94. The second-order valence-corrected chi connectivity index (χ2v) is 5.81. The molecule has 0 amide bonds. The molecule has 1 aromatic carbocycles. The van der Waals surface area contributed by atoms with Gasteiger partial charge in [0.25, 0.3) is 0 Å². The van der Waals surface area contributed by atoms with E-state index >= 15 is 0 Å². The van der Waals surface area contributed by atoms with Crippen molar-refractivity contribution in [2.24, 2.45) is 0 Å². The van der Waals surface area contributed by atoms with Gasteiger partial charge in [0, 0.05) is 32.1 Å². The SMILES string of the molecule is COc1cccc(OC)c1OC1CCN(c2ccc(C#N)cn2)CC1. The zero-order valence-corrected chi connectivity index (χ0v) is 14.4. The summed E-state index contributed by atoms with van der Waals surface area (Å²) in [7, 11) is 3.25. The van der Waals surface area contributed by atoms with Crippen LogP contribution in [-0.2, 0) is 0 Å². The lowest BCUT2D eigenvalue weighted by molar-refractivity contribution is 0.158. The second-order valence-electron chi connectivity index (χ2n) is 5.81.